The predicted molar refractivity (Wildman–Crippen MR) is 50.7 cm³/mol. The molecule has 0 bridgehead atoms. The fourth-order valence-corrected chi connectivity index (χ4v) is 1.73. The second-order valence-electron chi connectivity index (χ2n) is 3.36. The van der Waals surface area contributed by atoms with Crippen molar-refractivity contribution in [2.45, 2.75) is 18.9 Å². The SMILES string of the molecule is CNC1CCN(c2ncn[nH]2)CC1. The monoisotopic (exact) mass is 181 g/mol. The highest BCUT2D eigenvalue weighted by atomic mass is 15.3. The van der Waals surface area contributed by atoms with Crippen LogP contribution in [-0.2, 0) is 0 Å². The summed E-state index contributed by atoms with van der Waals surface area (Å²) >= 11 is 0. The number of nitrogens with zero attached hydrogens (tertiary/aromatic N) is 3. The lowest BCUT2D eigenvalue weighted by atomic mass is 10.1. The predicted octanol–water partition coefficient (Wildman–Crippen LogP) is -0.00710. The van der Waals surface area contributed by atoms with Gasteiger partial charge in [-0.3, -0.25) is 0 Å². The minimum Gasteiger partial charge on any atom is -0.341 e. The third kappa shape index (κ3) is 1.80. The fraction of sp³-hybridized carbons (Fsp3) is 0.750. The molecule has 1 aromatic rings. The molecule has 0 aliphatic carbocycles. The van der Waals surface area contributed by atoms with Gasteiger partial charge in [-0.25, -0.2) is 5.10 Å². The Bertz CT molecular complexity index is 237. The van der Waals surface area contributed by atoms with Crippen molar-refractivity contribution in [1.29, 1.82) is 0 Å². The van der Waals surface area contributed by atoms with Crippen LogP contribution in [0.4, 0.5) is 5.95 Å². The summed E-state index contributed by atoms with van der Waals surface area (Å²) in [5.41, 5.74) is 0. The van der Waals surface area contributed by atoms with Crippen LogP contribution in [0.3, 0.4) is 0 Å². The first-order valence-electron chi connectivity index (χ1n) is 4.67. The highest BCUT2D eigenvalue weighted by Crippen LogP contribution is 2.14. The quantitative estimate of drug-likeness (QED) is 0.674. The second kappa shape index (κ2) is 3.74. The number of H-pyrrole nitrogens is 1. The lowest BCUT2D eigenvalue weighted by Crippen LogP contribution is -2.41. The average molecular weight is 181 g/mol. The maximum atomic E-state index is 4.13. The Kier molecular flexibility index (Phi) is 2.44. The summed E-state index contributed by atoms with van der Waals surface area (Å²) < 4.78 is 0. The molecular formula is C8H15N5. The van der Waals surface area contributed by atoms with E-state index in [1.165, 1.54) is 12.8 Å². The van der Waals surface area contributed by atoms with Gasteiger partial charge < -0.3 is 10.2 Å². The van der Waals surface area contributed by atoms with Gasteiger partial charge in [-0.15, -0.1) is 0 Å². The maximum Gasteiger partial charge on any atom is 0.221 e. The number of aromatic amines is 1. The van der Waals surface area contributed by atoms with E-state index in [9.17, 15) is 0 Å². The standard InChI is InChI=1S/C8H15N5/c1-9-7-2-4-13(5-3-7)8-10-6-11-12-8/h6-7,9H,2-5H2,1H3,(H,10,11,12). The van der Waals surface area contributed by atoms with E-state index in [0.29, 0.717) is 6.04 Å². The molecule has 2 rings (SSSR count). The molecule has 1 fully saturated rings. The lowest BCUT2D eigenvalue weighted by Gasteiger charge is -2.31. The molecule has 0 spiro atoms. The van der Waals surface area contributed by atoms with E-state index in [1.807, 2.05) is 7.05 Å². The Balaban J connectivity index is 1.92. The van der Waals surface area contributed by atoms with Crippen molar-refractivity contribution < 1.29 is 0 Å². The first-order chi connectivity index (χ1) is 6.40. The van der Waals surface area contributed by atoms with Crippen molar-refractivity contribution in [3.05, 3.63) is 6.33 Å². The molecule has 0 saturated carbocycles. The number of hydrogen-bond donors (Lipinski definition) is 2. The van der Waals surface area contributed by atoms with Crippen molar-refractivity contribution in [2.75, 3.05) is 25.0 Å². The summed E-state index contributed by atoms with van der Waals surface area (Å²) in [6, 6.07) is 0.666. The zero-order valence-corrected chi connectivity index (χ0v) is 7.82. The van der Waals surface area contributed by atoms with E-state index >= 15 is 0 Å². The molecule has 0 unspecified atom stereocenters. The van der Waals surface area contributed by atoms with Crippen LogP contribution in [0, 0.1) is 0 Å². The maximum absolute atomic E-state index is 4.13. The van der Waals surface area contributed by atoms with Gasteiger partial charge >= 0.3 is 0 Å². The summed E-state index contributed by atoms with van der Waals surface area (Å²) in [6.07, 6.45) is 3.91. The van der Waals surface area contributed by atoms with Crippen LogP contribution in [0.15, 0.2) is 6.33 Å². The van der Waals surface area contributed by atoms with Crippen molar-refractivity contribution in [1.82, 2.24) is 20.5 Å². The Morgan fingerprint density at radius 2 is 2.31 bits per heavy atom. The van der Waals surface area contributed by atoms with Gasteiger partial charge in [0.25, 0.3) is 0 Å². The van der Waals surface area contributed by atoms with Crippen molar-refractivity contribution in [2.24, 2.45) is 0 Å². The molecule has 0 radical (unpaired) electrons. The van der Waals surface area contributed by atoms with Crippen LogP contribution < -0.4 is 10.2 Å². The Morgan fingerprint density at radius 1 is 1.54 bits per heavy atom. The smallest absolute Gasteiger partial charge is 0.221 e. The van der Waals surface area contributed by atoms with Gasteiger partial charge in [0.1, 0.15) is 6.33 Å². The highest BCUT2D eigenvalue weighted by Gasteiger charge is 2.18. The highest BCUT2D eigenvalue weighted by molar-refractivity contribution is 5.27. The van der Waals surface area contributed by atoms with Crippen LogP contribution in [0.2, 0.25) is 0 Å². The Labute approximate surface area is 77.5 Å². The molecule has 0 atom stereocenters. The van der Waals surface area contributed by atoms with Crippen LogP contribution in [0.1, 0.15) is 12.8 Å². The number of rotatable bonds is 2. The molecule has 13 heavy (non-hydrogen) atoms. The second-order valence-corrected chi connectivity index (χ2v) is 3.36. The summed E-state index contributed by atoms with van der Waals surface area (Å²) in [6.45, 7) is 2.11. The average Bonchev–Trinajstić information content (AvgIpc) is 2.71. The molecule has 5 nitrogen and oxygen atoms in total. The number of anilines is 1. The topological polar surface area (TPSA) is 56.8 Å². The summed E-state index contributed by atoms with van der Waals surface area (Å²) in [7, 11) is 2.02. The molecule has 5 heteroatoms. The van der Waals surface area contributed by atoms with Crippen LogP contribution >= 0.6 is 0 Å². The van der Waals surface area contributed by atoms with E-state index in [-0.39, 0.29) is 0 Å². The van der Waals surface area contributed by atoms with E-state index < -0.39 is 0 Å². The van der Waals surface area contributed by atoms with Crippen LogP contribution in [0.5, 0.6) is 0 Å². The first kappa shape index (κ1) is 8.50. The Morgan fingerprint density at radius 3 is 2.85 bits per heavy atom. The fourth-order valence-electron chi connectivity index (χ4n) is 1.73. The van der Waals surface area contributed by atoms with Crippen molar-refractivity contribution >= 4 is 5.95 Å². The third-order valence-corrected chi connectivity index (χ3v) is 2.61. The number of aromatic nitrogens is 3. The summed E-state index contributed by atoms with van der Waals surface area (Å²) in [5.74, 6) is 0.898. The lowest BCUT2D eigenvalue weighted by molar-refractivity contribution is 0.439. The molecular weight excluding hydrogens is 166 g/mol. The molecule has 2 heterocycles. The van der Waals surface area contributed by atoms with Gasteiger partial charge in [-0.05, 0) is 19.9 Å². The summed E-state index contributed by atoms with van der Waals surface area (Å²) in [4.78, 5) is 6.37. The van der Waals surface area contributed by atoms with E-state index in [4.69, 9.17) is 0 Å². The van der Waals surface area contributed by atoms with Crippen LogP contribution in [-0.4, -0.2) is 41.4 Å². The summed E-state index contributed by atoms with van der Waals surface area (Å²) in [5, 5.41) is 10.0. The van der Waals surface area contributed by atoms with Crippen LogP contribution in [0.25, 0.3) is 0 Å². The first-order valence-corrected chi connectivity index (χ1v) is 4.67. The van der Waals surface area contributed by atoms with Crippen molar-refractivity contribution in [3.8, 4) is 0 Å². The van der Waals surface area contributed by atoms with Gasteiger partial charge in [-0.2, -0.15) is 10.1 Å². The molecule has 1 saturated heterocycles. The number of piperidine rings is 1. The van der Waals surface area contributed by atoms with Gasteiger partial charge in [0.05, 0.1) is 0 Å². The largest absolute Gasteiger partial charge is 0.341 e. The molecule has 0 aromatic carbocycles. The molecule has 1 aliphatic rings. The normalized spacial score (nSPS) is 19.3. The molecule has 2 N–H and O–H groups in total. The number of hydrogen-bond acceptors (Lipinski definition) is 4. The van der Waals surface area contributed by atoms with Gasteiger partial charge in [0, 0.05) is 19.1 Å². The third-order valence-electron chi connectivity index (χ3n) is 2.61. The molecule has 1 aliphatic heterocycles. The molecule has 72 valence electrons. The van der Waals surface area contributed by atoms with E-state index in [0.717, 1.165) is 19.0 Å². The van der Waals surface area contributed by atoms with Gasteiger partial charge in [0.2, 0.25) is 5.95 Å². The van der Waals surface area contributed by atoms with Gasteiger partial charge in [-0.1, -0.05) is 0 Å². The van der Waals surface area contributed by atoms with Gasteiger partial charge in [0.15, 0.2) is 0 Å². The van der Waals surface area contributed by atoms with E-state index in [1.54, 1.807) is 6.33 Å². The zero-order valence-electron chi connectivity index (χ0n) is 7.82. The minimum absolute atomic E-state index is 0.666. The number of nitrogens with one attached hydrogen (secondary N) is 2. The minimum atomic E-state index is 0.666. The zero-order chi connectivity index (χ0) is 9.10. The van der Waals surface area contributed by atoms with Crippen molar-refractivity contribution in [3.63, 3.8) is 0 Å². The Hall–Kier alpha value is -1.10. The molecule has 1 aromatic heterocycles. The van der Waals surface area contributed by atoms with E-state index in [2.05, 4.69) is 25.4 Å². The molecule has 0 amide bonds.